The Labute approximate surface area is 122 Å². The third-order valence-electron chi connectivity index (χ3n) is 3.20. The molecule has 0 fully saturated rings. The minimum absolute atomic E-state index is 0.106. The molecule has 0 aliphatic carbocycles. The molecule has 0 aliphatic heterocycles. The van der Waals surface area contributed by atoms with Crippen LogP contribution < -0.4 is 0 Å². The number of benzene rings is 1. The summed E-state index contributed by atoms with van der Waals surface area (Å²) < 4.78 is 0.986. The van der Waals surface area contributed by atoms with Crippen LogP contribution in [0.2, 0.25) is 0 Å². The average molecular weight is 330 g/mol. The van der Waals surface area contributed by atoms with Crippen molar-refractivity contribution in [1.29, 1.82) is 0 Å². The van der Waals surface area contributed by atoms with Crippen molar-refractivity contribution in [3.63, 3.8) is 0 Å². The Morgan fingerprint density at radius 1 is 1.50 bits per heavy atom. The third-order valence-corrected chi connectivity index (χ3v) is 4.77. The SMILES string of the molecule is CCC(CSC)N(C)C(=O)c1cccc(Br)c1C. The van der Waals surface area contributed by atoms with Crippen molar-refractivity contribution in [2.75, 3.05) is 19.1 Å². The number of amides is 1. The van der Waals surface area contributed by atoms with E-state index in [0.29, 0.717) is 6.04 Å². The van der Waals surface area contributed by atoms with Crippen LogP contribution in [0.1, 0.15) is 29.3 Å². The van der Waals surface area contributed by atoms with E-state index in [1.54, 1.807) is 11.8 Å². The minimum Gasteiger partial charge on any atom is -0.338 e. The van der Waals surface area contributed by atoms with Gasteiger partial charge in [-0.2, -0.15) is 11.8 Å². The highest BCUT2D eigenvalue weighted by Gasteiger charge is 2.21. The largest absolute Gasteiger partial charge is 0.338 e. The molecule has 0 heterocycles. The highest BCUT2D eigenvalue weighted by molar-refractivity contribution is 9.10. The van der Waals surface area contributed by atoms with Gasteiger partial charge < -0.3 is 4.90 Å². The quantitative estimate of drug-likeness (QED) is 0.814. The molecule has 0 aliphatic rings. The molecule has 0 N–H and O–H groups in total. The van der Waals surface area contributed by atoms with Gasteiger partial charge in [0.1, 0.15) is 0 Å². The van der Waals surface area contributed by atoms with Crippen molar-refractivity contribution in [3.8, 4) is 0 Å². The fourth-order valence-electron chi connectivity index (χ4n) is 1.89. The van der Waals surface area contributed by atoms with Crippen LogP contribution in [-0.4, -0.2) is 35.9 Å². The Kier molecular flexibility index (Phi) is 6.22. The van der Waals surface area contributed by atoms with Crippen LogP contribution >= 0.6 is 27.7 Å². The molecule has 1 aromatic carbocycles. The minimum atomic E-state index is 0.106. The van der Waals surface area contributed by atoms with Crippen LogP contribution in [0.5, 0.6) is 0 Å². The summed E-state index contributed by atoms with van der Waals surface area (Å²) in [4.78, 5) is 14.4. The van der Waals surface area contributed by atoms with Crippen LogP contribution in [0.3, 0.4) is 0 Å². The number of rotatable bonds is 5. The molecule has 0 radical (unpaired) electrons. The number of halogens is 1. The van der Waals surface area contributed by atoms with E-state index in [0.717, 1.165) is 27.8 Å². The second kappa shape index (κ2) is 7.19. The maximum absolute atomic E-state index is 12.5. The number of carbonyl (C=O) groups excluding carboxylic acids is 1. The molecule has 1 unspecified atom stereocenters. The van der Waals surface area contributed by atoms with Crippen LogP contribution in [-0.2, 0) is 0 Å². The van der Waals surface area contributed by atoms with Gasteiger partial charge in [-0.15, -0.1) is 0 Å². The molecule has 1 rings (SSSR count). The normalized spacial score (nSPS) is 12.3. The Morgan fingerprint density at radius 3 is 2.72 bits per heavy atom. The van der Waals surface area contributed by atoms with Gasteiger partial charge >= 0.3 is 0 Å². The molecular weight excluding hydrogens is 310 g/mol. The molecule has 0 saturated heterocycles. The van der Waals surface area contributed by atoms with Gasteiger partial charge in [0.25, 0.3) is 5.91 Å². The number of hydrogen-bond donors (Lipinski definition) is 0. The Balaban J connectivity index is 2.95. The van der Waals surface area contributed by atoms with E-state index in [2.05, 4.69) is 29.1 Å². The Bertz CT molecular complexity index is 422. The van der Waals surface area contributed by atoms with Crippen molar-refractivity contribution in [1.82, 2.24) is 4.90 Å². The smallest absolute Gasteiger partial charge is 0.254 e. The Hall–Kier alpha value is -0.480. The van der Waals surface area contributed by atoms with E-state index in [4.69, 9.17) is 0 Å². The molecule has 0 spiro atoms. The molecule has 100 valence electrons. The van der Waals surface area contributed by atoms with Crippen molar-refractivity contribution in [3.05, 3.63) is 33.8 Å². The number of carbonyl (C=O) groups is 1. The lowest BCUT2D eigenvalue weighted by Crippen LogP contribution is -2.38. The summed E-state index contributed by atoms with van der Waals surface area (Å²) in [7, 11) is 1.90. The first kappa shape index (κ1) is 15.6. The van der Waals surface area contributed by atoms with E-state index in [9.17, 15) is 4.79 Å². The Morgan fingerprint density at radius 2 is 2.17 bits per heavy atom. The van der Waals surface area contributed by atoms with Gasteiger partial charge in [0, 0.05) is 28.9 Å². The fourth-order valence-corrected chi connectivity index (χ4v) is 3.10. The molecule has 4 heteroatoms. The standard InChI is InChI=1S/C14H20BrNOS/c1-5-11(9-18-4)16(3)14(17)12-7-6-8-13(15)10(12)2/h6-8,11H,5,9H2,1-4H3. The van der Waals surface area contributed by atoms with Gasteiger partial charge in [0.2, 0.25) is 0 Å². The van der Waals surface area contributed by atoms with Crippen LogP contribution in [0.15, 0.2) is 22.7 Å². The molecule has 1 atom stereocenters. The maximum Gasteiger partial charge on any atom is 0.254 e. The lowest BCUT2D eigenvalue weighted by Gasteiger charge is -2.27. The highest BCUT2D eigenvalue weighted by atomic mass is 79.9. The fraction of sp³-hybridized carbons (Fsp3) is 0.500. The van der Waals surface area contributed by atoms with Gasteiger partial charge in [-0.05, 0) is 37.3 Å². The van der Waals surface area contributed by atoms with E-state index in [-0.39, 0.29) is 5.91 Å². The number of hydrogen-bond acceptors (Lipinski definition) is 2. The van der Waals surface area contributed by atoms with Gasteiger partial charge in [-0.1, -0.05) is 28.9 Å². The molecule has 0 bridgehead atoms. The van der Waals surface area contributed by atoms with Crippen molar-refractivity contribution >= 4 is 33.6 Å². The molecular formula is C14H20BrNOS. The van der Waals surface area contributed by atoms with Crippen molar-refractivity contribution in [2.24, 2.45) is 0 Å². The molecule has 1 aromatic rings. The zero-order valence-corrected chi connectivity index (χ0v) is 13.8. The van der Waals surface area contributed by atoms with Crippen molar-refractivity contribution in [2.45, 2.75) is 26.3 Å². The lowest BCUT2D eigenvalue weighted by molar-refractivity contribution is 0.0743. The molecule has 2 nitrogen and oxygen atoms in total. The first-order valence-corrected chi connectivity index (χ1v) is 8.22. The van der Waals surface area contributed by atoms with Gasteiger partial charge in [-0.25, -0.2) is 0 Å². The zero-order chi connectivity index (χ0) is 13.7. The van der Waals surface area contributed by atoms with Gasteiger partial charge in [0.15, 0.2) is 0 Å². The third kappa shape index (κ3) is 3.51. The predicted octanol–water partition coefficient (Wildman–Crippen LogP) is 3.97. The predicted molar refractivity (Wildman–Crippen MR) is 83.4 cm³/mol. The van der Waals surface area contributed by atoms with E-state index < -0.39 is 0 Å². The lowest BCUT2D eigenvalue weighted by atomic mass is 10.1. The summed E-state index contributed by atoms with van der Waals surface area (Å²) in [5, 5.41) is 0. The molecule has 0 aromatic heterocycles. The summed E-state index contributed by atoms with van der Waals surface area (Å²) in [6, 6.07) is 6.06. The van der Waals surface area contributed by atoms with E-state index >= 15 is 0 Å². The maximum atomic E-state index is 12.5. The number of nitrogens with zero attached hydrogens (tertiary/aromatic N) is 1. The summed E-state index contributed by atoms with van der Waals surface area (Å²) in [5.74, 6) is 1.08. The van der Waals surface area contributed by atoms with E-state index in [1.165, 1.54) is 0 Å². The average Bonchev–Trinajstić information content (AvgIpc) is 2.37. The second-order valence-electron chi connectivity index (χ2n) is 4.35. The topological polar surface area (TPSA) is 20.3 Å². The van der Waals surface area contributed by atoms with Crippen LogP contribution in [0, 0.1) is 6.92 Å². The summed E-state index contributed by atoms with van der Waals surface area (Å²) in [5.41, 5.74) is 1.79. The highest BCUT2D eigenvalue weighted by Crippen LogP contribution is 2.21. The monoisotopic (exact) mass is 329 g/mol. The molecule has 0 saturated carbocycles. The first-order chi connectivity index (χ1) is 8.52. The molecule has 18 heavy (non-hydrogen) atoms. The second-order valence-corrected chi connectivity index (χ2v) is 6.11. The van der Waals surface area contributed by atoms with Crippen LogP contribution in [0.4, 0.5) is 0 Å². The van der Waals surface area contributed by atoms with Gasteiger partial charge in [-0.3, -0.25) is 4.79 Å². The molecule has 1 amide bonds. The summed E-state index contributed by atoms with van der Waals surface area (Å²) >= 11 is 5.25. The van der Waals surface area contributed by atoms with Gasteiger partial charge in [0.05, 0.1) is 0 Å². The van der Waals surface area contributed by atoms with Crippen LogP contribution in [0.25, 0.3) is 0 Å². The van der Waals surface area contributed by atoms with Crippen molar-refractivity contribution < 1.29 is 4.79 Å². The zero-order valence-electron chi connectivity index (χ0n) is 11.4. The summed E-state index contributed by atoms with van der Waals surface area (Å²) in [6.45, 7) is 4.10. The first-order valence-electron chi connectivity index (χ1n) is 6.04. The number of thioether (sulfide) groups is 1. The van der Waals surface area contributed by atoms with E-state index in [1.807, 2.05) is 37.1 Å². The summed E-state index contributed by atoms with van der Waals surface area (Å²) in [6.07, 6.45) is 3.06.